The van der Waals surface area contributed by atoms with Crippen molar-refractivity contribution in [3.05, 3.63) is 23.8 Å². The van der Waals surface area contributed by atoms with Crippen molar-refractivity contribution in [2.75, 3.05) is 0 Å². The molecule has 0 spiro atoms. The van der Waals surface area contributed by atoms with E-state index in [1.54, 1.807) is 6.07 Å². The molecule has 1 aromatic rings. The molecule has 0 bridgehead atoms. The summed E-state index contributed by atoms with van der Waals surface area (Å²) in [5.41, 5.74) is -0.376. The zero-order chi connectivity index (χ0) is 13.9. The van der Waals surface area contributed by atoms with Crippen LogP contribution in [0, 0.1) is 11.3 Å². The number of hydrogen-bond donors (Lipinski definition) is 1. The van der Waals surface area contributed by atoms with Crippen molar-refractivity contribution in [2.24, 2.45) is 0 Å². The maximum atomic E-state index is 11.1. The summed E-state index contributed by atoms with van der Waals surface area (Å²) in [6.07, 6.45) is -0.860. The third kappa shape index (κ3) is 3.35. The summed E-state index contributed by atoms with van der Waals surface area (Å²) in [5.74, 6) is -1.47. The second kappa shape index (κ2) is 5.25. The Kier molecular flexibility index (Phi) is 4.16. The van der Waals surface area contributed by atoms with Crippen LogP contribution in [-0.4, -0.2) is 25.6 Å². The van der Waals surface area contributed by atoms with Gasteiger partial charge in [-0.25, -0.2) is 13.2 Å². The highest BCUT2D eigenvalue weighted by Crippen LogP contribution is 2.25. The van der Waals surface area contributed by atoms with Crippen LogP contribution in [0.2, 0.25) is 0 Å². The van der Waals surface area contributed by atoms with Crippen LogP contribution in [-0.2, 0) is 9.05 Å². The topological polar surface area (TPSA) is 104 Å². The SMILES string of the molecule is CC(C#N)Oc1ccc(S(=O)(=O)Cl)cc1C(=O)O. The van der Waals surface area contributed by atoms with Crippen LogP contribution in [0.5, 0.6) is 5.75 Å². The number of ether oxygens (including phenoxy) is 1. The second-order valence-electron chi connectivity index (χ2n) is 3.29. The van der Waals surface area contributed by atoms with E-state index >= 15 is 0 Å². The van der Waals surface area contributed by atoms with Gasteiger partial charge >= 0.3 is 5.97 Å². The summed E-state index contributed by atoms with van der Waals surface area (Å²) < 4.78 is 27.2. The van der Waals surface area contributed by atoms with E-state index in [2.05, 4.69) is 0 Å². The lowest BCUT2D eigenvalue weighted by molar-refractivity contribution is 0.0691. The van der Waals surface area contributed by atoms with Gasteiger partial charge in [0.1, 0.15) is 17.4 Å². The van der Waals surface area contributed by atoms with E-state index in [4.69, 9.17) is 25.8 Å². The number of rotatable bonds is 4. The van der Waals surface area contributed by atoms with Gasteiger partial charge in [0.15, 0.2) is 6.10 Å². The number of nitriles is 1. The van der Waals surface area contributed by atoms with Crippen molar-refractivity contribution in [1.29, 1.82) is 5.26 Å². The summed E-state index contributed by atoms with van der Waals surface area (Å²) in [6.45, 7) is 1.43. The first-order valence-corrected chi connectivity index (χ1v) is 6.95. The van der Waals surface area contributed by atoms with Gasteiger partial charge in [0.25, 0.3) is 9.05 Å². The van der Waals surface area contributed by atoms with Gasteiger partial charge in [-0.3, -0.25) is 0 Å². The van der Waals surface area contributed by atoms with Gasteiger partial charge in [0.2, 0.25) is 0 Å². The van der Waals surface area contributed by atoms with Crippen molar-refractivity contribution in [2.45, 2.75) is 17.9 Å². The van der Waals surface area contributed by atoms with Crippen LogP contribution in [0.25, 0.3) is 0 Å². The molecule has 96 valence electrons. The molecule has 0 aliphatic heterocycles. The molecular formula is C10H8ClNO5S. The summed E-state index contributed by atoms with van der Waals surface area (Å²) in [6, 6.07) is 4.89. The number of carbonyl (C=O) groups is 1. The highest BCUT2D eigenvalue weighted by Gasteiger charge is 2.19. The van der Waals surface area contributed by atoms with E-state index in [9.17, 15) is 13.2 Å². The number of nitrogens with zero attached hydrogens (tertiary/aromatic N) is 1. The molecule has 1 atom stereocenters. The van der Waals surface area contributed by atoms with Crippen LogP contribution >= 0.6 is 10.7 Å². The zero-order valence-electron chi connectivity index (χ0n) is 9.12. The highest BCUT2D eigenvalue weighted by atomic mass is 35.7. The Bertz CT molecular complexity index is 620. The van der Waals surface area contributed by atoms with E-state index in [1.165, 1.54) is 6.92 Å². The van der Waals surface area contributed by atoms with Crippen molar-refractivity contribution in [3.8, 4) is 11.8 Å². The maximum Gasteiger partial charge on any atom is 0.339 e. The lowest BCUT2D eigenvalue weighted by Gasteiger charge is -2.11. The predicted molar refractivity (Wildman–Crippen MR) is 62.1 cm³/mol. The lowest BCUT2D eigenvalue weighted by Crippen LogP contribution is -2.12. The molecule has 1 unspecified atom stereocenters. The predicted octanol–water partition coefficient (Wildman–Crippen LogP) is 1.60. The van der Waals surface area contributed by atoms with Crippen LogP contribution in [0.4, 0.5) is 0 Å². The molecule has 1 aromatic carbocycles. The maximum absolute atomic E-state index is 11.1. The van der Waals surface area contributed by atoms with E-state index < -0.39 is 21.1 Å². The minimum absolute atomic E-state index is 0.0967. The summed E-state index contributed by atoms with van der Waals surface area (Å²) >= 11 is 0. The first-order valence-electron chi connectivity index (χ1n) is 4.64. The fraction of sp³-hybridized carbons (Fsp3) is 0.200. The van der Waals surface area contributed by atoms with E-state index in [0.717, 1.165) is 18.2 Å². The van der Waals surface area contributed by atoms with Crippen LogP contribution in [0.1, 0.15) is 17.3 Å². The van der Waals surface area contributed by atoms with Gasteiger partial charge in [0, 0.05) is 10.7 Å². The normalized spacial score (nSPS) is 12.5. The Morgan fingerprint density at radius 2 is 2.17 bits per heavy atom. The standard InChI is InChI=1S/C10H8ClNO5S/c1-6(5-12)17-9-3-2-7(18(11,15)16)4-8(9)10(13)14/h2-4,6H,1H3,(H,13,14). The van der Waals surface area contributed by atoms with Crippen molar-refractivity contribution in [1.82, 2.24) is 0 Å². The van der Waals surface area contributed by atoms with Crippen LogP contribution < -0.4 is 4.74 Å². The average molecular weight is 290 g/mol. The summed E-state index contributed by atoms with van der Waals surface area (Å²) in [7, 11) is 1.09. The third-order valence-electron chi connectivity index (χ3n) is 1.95. The molecule has 0 aromatic heterocycles. The lowest BCUT2D eigenvalue weighted by atomic mass is 10.2. The first kappa shape index (κ1) is 14.3. The average Bonchev–Trinajstić information content (AvgIpc) is 2.27. The third-order valence-corrected chi connectivity index (χ3v) is 3.30. The number of carboxylic acids is 1. The molecule has 6 nitrogen and oxygen atoms in total. The first-order chi connectivity index (χ1) is 8.25. The fourth-order valence-electron chi connectivity index (χ4n) is 1.15. The summed E-state index contributed by atoms with van der Waals surface area (Å²) in [4.78, 5) is 10.6. The Morgan fingerprint density at radius 1 is 1.56 bits per heavy atom. The van der Waals surface area contributed by atoms with Gasteiger partial charge < -0.3 is 9.84 Å². The van der Waals surface area contributed by atoms with Crippen LogP contribution in [0.3, 0.4) is 0 Å². The van der Waals surface area contributed by atoms with Crippen molar-refractivity contribution < 1.29 is 23.1 Å². The molecule has 0 saturated heterocycles. The molecule has 0 aliphatic rings. The van der Waals surface area contributed by atoms with Crippen molar-refractivity contribution >= 4 is 25.7 Å². The molecule has 0 heterocycles. The Labute approximate surface area is 108 Å². The molecular weight excluding hydrogens is 282 g/mol. The van der Waals surface area contributed by atoms with Crippen LogP contribution in [0.15, 0.2) is 23.1 Å². The van der Waals surface area contributed by atoms with E-state index in [0.29, 0.717) is 0 Å². The number of benzene rings is 1. The largest absolute Gasteiger partial charge is 0.478 e. The molecule has 1 rings (SSSR count). The monoisotopic (exact) mass is 289 g/mol. The molecule has 0 amide bonds. The minimum atomic E-state index is -4.02. The van der Waals surface area contributed by atoms with E-state index in [1.807, 2.05) is 0 Å². The molecule has 18 heavy (non-hydrogen) atoms. The minimum Gasteiger partial charge on any atom is -0.478 e. The zero-order valence-corrected chi connectivity index (χ0v) is 10.7. The summed E-state index contributed by atoms with van der Waals surface area (Å²) in [5, 5.41) is 17.5. The molecule has 0 saturated carbocycles. The van der Waals surface area contributed by atoms with Gasteiger partial charge in [-0.05, 0) is 25.1 Å². The van der Waals surface area contributed by atoms with Gasteiger partial charge in [-0.15, -0.1) is 0 Å². The highest BCUT2D eigenvalue weighted by molar-refractivity contribution is 8.13. The van der Waals surface area contributed by atoms with Gasteiger partial charge in [-0.1, -0.05) is 0 Å². The number of carboxylic acid groups (broad SMARTS) is 1. The van der Waals surface area contributed by atoms with E-state index in [-0.39, 0.29) is 16.2 Å². The molecule has 0 fully saturated rings. The van der Waals surface area contributed by atoms with Gasteiger partial charge in [-0.2, -0.15) is 5.26 Å². The molecule has 1 N–H and O–H groups in total. The number of halogens is 1. The second-order valence-corrected chi connectivity index (χ2v) is 5.86. The quantitative estimate of drug-likeness (QED) is 0.844. The number of aromatic carboxylic acids is 1. The molecule has 0 radical (unpaired) electrons. The fourth-order valence-corrected chi connectivity index (χ4v) is 1.92. The van der Waals surface area contributed by atoms with Gasteiger partial charge in [0.05, 0.1) is 4.90 Å². The number of hydrogen-bond acceptors (Lipinski definition) is 5. The van der Waals surface area contributed by atoms with Crippen molar-refractivity contribution in [3.63, 3.8) is 0 Å². The smallest absolute Gasteiger partial charge is 0.339 e. The Hall–Kier alpha value is -1.78. The Balaban J connectivity index is 3.31. The molecule has 0 aliphatic carbocycles. The molecule has 8 heteroatoms. The Morgan fingerprint density at radius 3 is 2.61 bits per heavy atom.